The summed E-state index contributed by atoms with van der Waals surface area (Å²) in [6.45, 7) is 3.87. The van der Waals surface area contributed by atoms with Gasteiger partial charge in [0.15, 0.2) is 6.61 Å². The van der Waals surface area contributed by atoms with E-state index >= 15 is 0 Å². The molecule has 22 heavy (non-hydrogen) atoms. The minimum absolute atomic E-state index is 0.0324. The smallest absolute Gasteiger partial charge is 0.262 e. The summed E-state index contributed by atoms with van der Waals surface area (Å²) in [6.07, 6.45) is 0. The van der Waals surface area contributed by atoms with Crippen molar-refractivity contribution in [3.8, 4) is 11.5 Å². The zero-order chi connectivity index (χ0) is 16.1. The first kappa shape index (κ1) is 16.4. The second kappa shape index (κ2) is 7.31. The number of nitrogens with one attached hydrogen (secondary N) is 1. The third-order valence-corrected chi connectivity index (χ3v) is 3.60. The third kappa shape index (κ3) is 4.24. The fraction of sp³-hybridized carbons (Fsp3) is 0.235. The van der Waals surface area contributed by atoms with Gasteiger partial charge in [-0.3, -0.25) is 4.79 Å². The fourth-order valence-corrected chi connectivity index (χ4v) is 2.82. The normalized spacial score (nSPS) is 10.2. The number of rotatable bonds is 5. The lowest BCUT2D eigenvalue weighted by Crippen LogP contribution is -2.20. The number of ether oxygens (including phenoxy) is 2. The zero-order valence-electron chi connectivity index (χ0n) is 12.8. The van der Waals surface area contributed by atoms with Crippen molar-refractivity contribution in [3.63, 3.8) is 0 Å². The molecule has 0 fully saturated rings. The fourth-order valence-electron chi connectivity index (χ4n) is 2.13. The zero-order valence-corrected chi connectivity index (χ0v) is 14.4. The second-order valence-corrected chi connectivity index (χ2v) is 5.85. The van der Waals surface area contributed by atoms with Gasteiger partial charge in [-0.05, 0) is 61.4 Å². The molecule has 116 valence electrons. The molecule has 0 aromatic heterocycles. The summed E-state index contributed by atoms with van der Waals surface area (Å²) in [6, 6.07) is 11.1. The van der Waals surface area contributed by atoms with E-state index in [0.717, 1.165) is 27.1 Å². The molecular weight excluding hydrogens is 346 g/mol. The summed E-state index contributed by atoms with van der Waals surface area (Å²) in [4.78, 5) is 12.0. The number of halogens is 1. The Balaban J connectivity index is 1.95. The Kier molecular flexibility index (Phi) is 5.44. The van der Waals surface area contributed by atoms with Crippen LogP contribution in [0.15, 0.2) is 40.9 Å². The maximum atomic E-state index is 12.0. The van der Waals surface area contributed by atoms with Gasteiger partial charge in [0.05, 0.1) is 7.11 Å². The summed E-state index contributed by atoms with van der Waals surface area (Å²) in [5.41, 5.74) is 2.69. The van der Waals surface area contributed by atoms with Crippen LogP contribution in [0, 0.1) is 13.8 Å². The quantitative estimate of drug-likeness (QED) is 0.869. The molecule has 2 aromatic carbocycles. The number of hydrogen-bond acceptors (Lipinski definition) is 3. The van der Waals surface area contributed by atoms with Crippen molar-refractivity contribution in [2.45, 2.75) is 13.8 Å². The lowest BCUT2D eigenvalue weighted by Gasteiger charge is -2.13. The van der Waals surface area contributed by atoms with Crippen LogP contribution in [0.25, 0.3) is 0 Å². The van der Waals surface area contributed by atoms with Gasteiger partial charge in [-0.15, -0.1) is 0 Å². The highest BCUT2D eigenvalue weighted by Gasteiger charge is 2.09. The number of hydrogen-bond donors (Lipinski definition) is 1. The molecule has 0 aliphatic heterocycles. The molecule has 5 heteroatoms. The Labute approximate surface area is 138 Å². The van der Waals surface area contributed by atoms with Crippen molar-refractivity contribution < 1.29 is 14.3 Å². The van der Waals surface area contributed by atoms with E-state index in [9.17, 15) is 4.79 Å². The topological polar surface area (TPSA) is 47.6 Å². The van der Waals surface area contributed by atoms with E-state index in [2.05, 4.69) is 21.2 Å². The van der Waals surface area contributed by atoms with E-state index in [4.69, 9.17) is 9.47 Å². The van der Waals surface area contributed by atoms with Gasteiger partial charge in [-0.2, -0.15) is 0 Å². The van der Waals surface area contributed by atoms with Crippen molar-refractivity contribution in [2.24, 2.45) is 0 Å². The van der Waals surface area contributed by atoms with Crippen LogP contribution in [0.2, 0.25) is 0 Å². The summed E-state index contributed by atoms with van der Waals surface area (Å²) in [7, 11) is 1.60. The number of aryl methyl sites for hydroxylation is 2. The largest absolute Gasteiger partial charge is 0.497 e. The second-order valence-electron chi connectivity index (χ2n) is 4.93. The average Bonchev–Trinajstić information content (AvgIpc) is 2.47. The number of carbonyl (C=O) groups excluding carboxylic acids is 1. The molecule has 2 rings (SSSR count). The van der Waals surface area contributed by atoms with Crippen molar-refractivity contribution in [1.82, 2.24) is 0 Å². The molecular formula is C17H18BrNO3. The van der Waals surface area contributed by atoms with Crippen LogP contribution in [0.5, 0.6) is 11.5 Å². The Hall–Kier alpha value is -2.01. The molecule has 2 aromatic rings. The number of anilines is 1. The van der Waals surface area contributed by atoms with Crippen molar-refractivity contribution in [3.05, 3.63) is 52.0 Å². The molecule has 0 radical (unpaired) electrons. The van der Waals surface area contributed by atoms with E-state index < -0.39 is 0 Å². The maximum absolute atomic E-state index is 12.0. The Morgan fingerprint density at radius 2 is 1.73 bits per heavy atom. The van der Waals surface area contributed by atoms with Gasteiger partial charge in [0.25, 0.3) is 5.91 Å². The summed E-state index contributed by atoms with van der Waals surface area (Å²) >= 11 is 3.44. The first-order valence-corrected chi connectivity index (χ1v) is 7.62. The van der Waals surface area contributed by atoms with E-state index in [1.807, 2.05) is 26.0 Å². The summed E-state index contributed by atoms with van der Waals surface area (Å²) in [5, 5.41) is 2.79. The molecule has 0 unspecified atom stereocenters. The van der Waals surface area contributed by atoms with Gasteiger partial charge in [0.1, 0.15) is 11.5 Å². The Morgan fingerprint density at radius 3 is 2.27 bits per heavy atom. The summed E-state index contributed by atoms with van der Waals surface area (Å²) in [5.74, 6) is 1.29. The first-order chi connectivity index (χ1) is 10.5. The first-order valence-electron chi connectivity index (χ1n) is 6.83. The van der Waals surface area contributed by atoms with E-state index in [-0.39, 0.29) is 12.5 Å². The molecule has 1 amide bonds. The highest BCUT2D eigenvalue weighted by molar-refractivity contribution is 9.10. The summed E-state index contributed by atoms with van der Waals surface area (Å²) < 4.78 is 11.7. The maximum Gasteiger partial charge on any atom is 0.262 e. The number of amides is 1. The molecule has 4 nitrogen and oxygen atoms in total. The predicted molar refractivity (Wildman–Crippen MR) is 90.7 cm³/mol. The number of carbonyl (C=O) groups is 1. The molecule has 0 atom stereocenters. The van der Waals surface area contributed by atoms with Gasteiger partial charge in [0.2, 0.25) is 0 Å². The molecule has 0 spiro atoms. The van der Waals surface area contributed by atoms with Gasteiger partial charge in [0, 0.05) is 10.2 Å². The van der Waals surface area contributed by atoms with E-state index in [0.29, 0.717) is 5.69 Å². The van der Waals surface area contributed by atoms with Crippen molar-refractivity contribution in [2.75, 3.05) is 19.0 Å². The minimum Gasteiger partial charge on any atom is -0.497 e. The molecule has 1 N–H and O–H groups in total. The Bertz CT molecular complexity index is 645. The average molecular weight is 364 g/mol. The van der Waals surface area contributed by atoms with Gasteiger partial charge in [-0.25, -0.2) is 0 Å². The highest BCUT2D eigenvalue weighted by atomic mass is 79.9. The third-order valence-electron chi connectivity index (χ3n) is 3.15. The van der Waals surface area contributed by atoms with Crippen LogP contribution in [0.3, 0.4) is 0 Å². The molecule has 0 saturated heterocycles. The van der Waals surface area contributed by atoms with Crippen molar-refractivity contribution in [1.29, 1.82) is 0 Å². The van der Waals surface area contributed by atoms with E-state index in [1.54, 1.807) is 31.4 Å². The molecule has 0 aliphatic carbocycles. The van der Waals surface area contributed by atoms with Crippen LogP contribution in [0.4, 0.5) is 5.69 Å². The predicted octanol–water partition coefficient (Wildman–Crippen LogP) is 4.09. The molecule has 0 aliphatic rings. The SMILES string of the molecule is COc1ccc(NC(=O)COc2c(C)cc(Br)cc2C)cc1. The van der Waals surface area contributed by atoms with Crippen LogP contribution in [-0.2, 0) is 4.79 Å². The van der Waals surface area contributed by atoms with Crippen LogP contribution >= 0.6 is 15.9 Å². The number of benzene rings is 2. The Morgan fingerprint density at radius 1 is 1.14 bits per heavy atom. The standard InChI is InChI=1S/C17H18BrNO3/c1-11-8-13(18)9-12(2)17(11)22-10-16(20)19-14-4-6-15(21-3)7-5-14/h4-9H,10H2,1-3H3,(H,19,20). The highest BCUT2D eigenvalue weighted by Crippen LogP contribution is 2.27. The lowest BCUT2D eigenvalue weighted by molar-refractivity contribution is -0.118. The minimum atomic E-state index is -0.202. The van der Waals surface area contributed by atoms with Gasteiger partial charge in [-0.1, -0.05) is 15.9 Å². The van der Waals surface area contributed by atoms with E-state index in [1.165, 1.54) is 0 Å². The molecule has 0 bridgehead atoms. The van der Waals surface area contributed by atoms with Crippen LogP contribution in [0.1, 0.15) is 11.1 Å². The number of methoxy groups -OCH3 is 1. The lowest BCUT2D eigenvalue weighted by atomic mass is 10.1. The van der Waals surface area contributed by atoms with Gasteiger partial charge < -0.3 is 14.8 Å². The van der Waals surface area contributed by atoms with Crippen LogP contribution < -0.4 is 14.8 Å². The van der Waals surface area contributed by atoms with Crippen LogP contribution in [-0.4, -0.2) is 19.6 Å². The monoisotopic (exact) mass is 363 g/mol. The molecule has 0 saturated carbocycles. The van der Waals surface area contributed by atoms with Gasteiger partial charge >= 0.3 is 0 Å². The molecule has 0 heterocycles. The van der Waals surface area contributed by atoms with Crippen molar-refractivity contribution >= 4 is 27.5 Å².